The van der Waals surface area contributed by atoms with Crippen molar-refractivity contribution < 1.29 is 21.1 Å². The van der Waals surface area contributed by atoms with Crippen LogP contribution >= 0.6 is 0 Å². The van der Waals surface area contributed by atoms with E-state index in [1.165, 1.54) is 0 Å². The van der Waals surface area contributed by atoms with Crippen LogP contribution in [0.3, 0.4) is 0 Å². The van der Waals surface area contributed by atoms with Gasteiger partial charge in [0, 0.05) is 23.8 Å². The average Bonchev–Trinajstić information content (AvgIpc) is 2.93. The van der Waals surface area contributed by atoms with Gasteiger partial charge >= 0.3 is 21.1 Å². The number of nitrogens with zero attached hydrogens (tertiary/aromatic N) is 2. The quantitative estimate of drug-likeness (QED) is 0.421. The summed E-state index contributed by atoms with van der Waals surface area (Å²) >= 11 is 0. The Hall–Kier alpha value is -0.892. The van der Waals surface area contributed by atoms with Crippen LogP contribution in [0.5, 0.6) is 0 Å². The maximum absolute atomic E-state index is 3.96. The van der Waals surface area contributed by atoms with E-state index in [1.807, 2.05) is 67.8 Å². The Morgan fingerprint density at radius 1 is 0.652 bits per heavy atom. The van der Waals surface area contributed by atoms with E-state index in [0.717, 1.165) is 23.0 Å². The number of H-pyrrole nitrogens is 2. The second kappa shape index (κ2) is 29.2. The van der Waals surface area contributed by atoms with E-state index < -0.39 is 0 Å². The van der Waals surface area contributed by atoms with Gasteiger partial charge in [0.25, 0.3) is 0 Å². The molecule has 140 valence electrons. The van der Waals surface area contributed by atoms with Crippen LogP contribution in [0, 0.1) is 42.5 Å². The van der Waals surface area contributed by atoms with Gasteiger partial charge in [-0.2, -0.15) is 0 Å². The van der Waals surface area contributed by atoms with Gasteiger partial charge in [-0.25, -0.2) is 9.97 Å². The molecule has 2 aromatic heterocycles. The molecule has 23 heavy (non-hydrogen) atoms. The molecule has 4 nitrogen and oxygen atoms in total. The van der Waals surface area contributed by atoms with Crippen molar-refractivity contribution in [1.82, 2.24) is 19.9 Å². The molecule has 0 atom stereocenters. The van der Waals surface area contributed by atoms with Crippen LogP contribution in [0.4, 0.5) is 0 Å². The molecular formula is C18H42N4W. The molecule has 0 saturated carbocycles. The Kier molecular flexibility index (Phi) is 54.7. The maximum Gasteiger partial charge on any atom is 2.00 e. The number of rotatable bonds is 0. The number of imidazole rings is 2. The third-order valence-electron chi connectivity index (χ3n) is 1.66. The fraction of sp³-hybridized carbons (Fsp3) is 0.556. The molecule has 2 N–H and O–H groups in total. The first-order valence-corrected chi connectivity index (χ1v) is 6.54. The van der Waals surface area contributed by atoms with E-state index >= 15 is 0 Å². The molecule has 0 saturated heterocycles. The number of aromatic nitrogens is 4. The minimum Gasteiger partial charge on any atom is -0.358 e. The van der Waals surface area contributed by atoms with Crippen molar-refractivity contribution in [3.05, 3.63) is 50.3 Å². The van der Waals surface area contributed by atoms with Crippen molar-refractivity contribution in [3.8, 4) is 0 Å². The Balaban J connectivity index is -0.0000000310. The van der Waals surface area contributed by atoms with Crippen LogP contribution in [0.25, 0.3) is 0 Å². The molecule has 2 aromatic rings. The number of aromatic amines is 2. The first-order chi connectivity index (χ1) is 8.58. The van der Waals surface area contributed by atoms with Gasteiger partial charge in [-0.3, -0.25) is 0 Å². The molecule has 5 heteroatoms. The molecule has 0 unspecified atom stereocenters. The normalized spacial score (nSPS) is 6.26. The van der Waals surface area contributed by atoms with E-state index in [9.17, 15) is 0 Å². The van der Waals surface area contributed by atoms with Crippen molar-refractivity contribution in [2.45, 2.75) is 70.2 Å². The van der Waals surface area contributed by atoms with Gasteiger partial charge in [-0.05, 0) is 27.7 Å². The van der Waals surface area contributed by atoms with Crippen LogP contribution in [0.15, 0.2) is 12.4 Å². The van der Waals surface area contributed by atoms with E-state index in [0.29, 0.717) is 0 Å². The fourth-order valence-electron chi connectivity index (χ4n) is 1.09. The molecule has 0 amide bonds. The number of nitrogens with one attached hydrogen (secondary N) is 2. The molecule has 0 radical (unpaired) electrons. The van der Waals surface area contributed by atoms with E-state index in [4.69, 9.17) is 0 Å². The van der Waals surface area contributed by atoms with Crippen molar-refractivity contribution in [1.29, 1.82) is 0 Å². The Morgan fingerprint density at radius 3 is 0.913 bits per heavy atom. The zero-order valence-corrected chi connectivity index (χ0v) is 18.4. The SMILES string of the molecule is C.C.CC.CC.Cc1cnc(C)[nH]1.Cc1cnc(C)[nH]1.[CH3-].[CH3-].[W+2]. The smallest absolute Gasteiger partial charge is 0.358 e. The van der Waals surface area contributed by atoms with Gasteiger partial charge in [-0.1, -0.05) is 42.5 Å². The topological polar surface area (TPSA) is 57.4 Å². The van der Waals surface area contributed by atoms with Gasteiger partial charge in [0.05, 0.1) is 0 Å². The summed E-state index contributed by atoms with van der Waals surface area (Å²) in [5, 5.41) is 0. The predicted octanol–water partition coefficient (Wildman–Crippen LogP) is 6.28. The molecule has 0 aromatic carbocycles. The summed E-state index contributed by atoms with van der Waals surface area (Å²) < 4.78 is 0. The molecule has 0 aliphatic rings. The van der Waals surface area contributed by atoms with E-state index in [1.54, 1.807) is 0 Å². The van der Waals surface area contributed by atoms with Gasteiger partial charge in [0.2, 0.25) is 0 Å². The molecular weight excluding hydrogens is 456 g/mol. The van der Waals surface area contributed by atoms with Crippen LogP contribution in [-0.2, 0) is 21.1 Å². The Bertz CT molecular complexity index is 324. The second-order valence-corrected chi connectivity index (χ2v) is 3.30. The zero-order chi connectivity index (χ0) is 14.6. The molecule has 0 aliphatic carbocycles. The van der Waals surface area contributed by atoms with Crippen molar-refractivity contribution >= 4 is 0 Å². The number of hydrogen-bond acceptors (Lipinski definition) is 2. The summed E-state index contributed by atoms with van der Waals surface area (Å²) in [6, 6.07) is 0. The zero-order valence-electron chi connectivity index (χ0n) is 15.5. The third-order valence-corrected chi connectivity index (χ3v) is 1.66. The van der Waals surface area contributed by atoms with Crippen LogP contribution in [-0.4, -0.2) is 19.9 Å². The second-order valence-electron chi connectivity index (χ2n) is 3.30. The third kappa shape index (κ3) is 26.3. The number of aryl methyl sites for hydroxylation is 4. The van der Waals surface area contributed by atoms with Crippen LogP contribution < -0.4 is 0 Å². The molecule has 0 spiro atoms. The average molecular weight is 498 g/mol. The molecule has 2 rings (SSSR count). The van der Waals surface area contributed by atoms with Gasteiger partial charge in [0.1, 0.15) is 11.6 Å². The summed E-state index contributed by atoms with van der Waals surface area (Å²) in [6.07, 6.45) is 3.63. The van der Waals surface area contributed by atoms with Crippen molar-refractivity contribution in [3.63, 3.8) is 0 Å². The summed E-state index contributed by atoms with van der Waals surface area (Å²) in [5.41, 5.74) is 2.25. The summed E-state index contributed by atoms with van der Waals surface area (Å²) in [7, 11) is 0. The molecule has 0 bridgehead atoms. The van der Waals surface area contributed by atoms with Crippen molar-refractivity contribution in [2.75, 3.05) is 0 Å². The number of hydrogen-bond donors (Lipinski definition) is 2. The maximum atomic E-state index is 3.96. The monoisotopic (exact) mass is 498 g/mol. The Morgan fingerprint density at radius 2 is 0.870 bits per heavy atom. The summed E-state index contributed by atoms with van der Waals surface area (Å²) in [4.78, 5) is 14.0. The molecule has 0 aliphatic heterocycles. The first-order valence-electron chi connectivity index (χ1n) is 6.54. The minimum absolute atomic E-state index is 0. The standard InChI is InChI=1S/2C5H8N2.2C2H6.2CH4.2CH3.W/c2*1-4-3-6-5(2)7-4;2*1-2;;;;;/h2*3H,1-2H3,(H,6,7);2*1-2H3;2*1H4;2*1H3;/q;;;;;;2*-1;+2. The van der Waals surface area contributed by atoms with Gasteiger partial charge in [-0.15, -0.1) is 0 Å². The van der Waals surface area contributed by atoms with Crippen LogP contribution in [0.1, 0.15) is 65.6 Å². The van der Waals surface area contributed by atoms with E-state index in [-0.39, 0.29) is 50.8 Å². The van der Waals surface area contributed by atoms with Crippen LogP contribution in [0.2, 0.25) is 0 Å². The van der Waals surface area contributed by atoms with Crippen molar-refractivity contribution in [2.24, 2.45) is 0 Å². The largest absolute Gasteiger partial charge is 2.00 e. The Labute approximate surface area is 161 Å². The predicted molar refractivity (Wildman–Crippen MR) is 105 cm³/mol. The molecule has 0 fully saturated rings. The minimum atomic E-state index is 0. The molecule has 2 heterocycles. The summed E-state index contributed by atoms with van der Waals surface area (Å²) in [6.45, 7) is 15.8. The fourth-order valence-corrected chi connectivity index (χ4v) is 1.09. The van der Waals surface area contributed by atoms with E-state index in [2.05, 4.69) is 19.9 Å². The summed E-state index contributed by atoms with van der Waals surface area (Å²) in [5.74, 6) is 1.97. The van der Waals surface area contributed by atoms with Gasteiger partial charge in [0.15, 0.2) is 0 Å². The van der Waals surface area contributed by atoms with Gasteiger partial charge < -0.3 is 24.8 Å². The first kappa shape index (κ1) is 43.2.